The molecule has 1 aromatic heterocycles. The Morgan fingerprint density at radius 2 is 2.18 bits per heavy atom. The second kappa shape index (κ2) is 8.91. The van der Waals surface area contributed by atoms with Crippen LogP contribution in [0.25, 0.3) is 0 Å². The smallest absolute Gasteiger partial charge is 0.254 e. The fourth-order valence-electron chi connectivity index (χ4n) is 3.46. The molecular formula is C21H27N3O4. The summed E-state index contributed by atoms with van der Waals surface area (Å²) in [6.45, 7) is 7.68. The van der Waals surface area contributed by atoms with Crippen molar-refractivity contribution in [2.24, 2.45) is 5.92 Å². The SMILES string of the molecule is CCNC(=O)C1CCCN(C(=O)c2cccc(OCc3c(C)noc3C)c2)C1. The van der Waals surface area contributed by atoms with E-state index < -0.39 is 0 Å². The minimum Gasteiger partial charge on any atom is -0.489 e. The highest BCUT2D eigenvalue weighted by atomic mass is 16.5. The maximum atomic E-state index is 12.9. The van der Waals surface area contributed by atoms with Crippen molar-refractivity contribution in [2.75, 3.05) is 19.6 Å². The number of rotatable bonds is 6. The lowest BCUT2D eigenvalue weighted by molar-refractivity contribution is -0.126. The number of benzene rings is 1. The van der Waals surface area contributed by atoms with Gasteiger partial charge in [0.15, 0.2) is 0 Å². The number of nitrogens with one attached hydrogen (secondary N) is 1. The number of amides is 2. The van der Waals surface area contributed by atoms with Gasteiger partial charge in [-0.2, -0.15) is 0 Å². The highest BCUT2D eigenvalue weighted by molar-refractivity contribution is 5.95. The lowest BCUT2D eigenvalue weighted by Gasteiger charge is -2.32. The van der Waals surface area contributed by atoms with E-state index in [1.165, 1.54) is 0 Å². The Labute approximate surface area is 165 Å². The van der Waals surface area contributed by atoms with Gasteiger partial charge in [-0.25, -0.2) is 0 Å². The molecule has 0 bridgehead atoms. The quantitative estimate of drug-likeness (QED) is 0.826. The first-order valence-corrected chi connectivity index (χ1v) is 9.71. The van der Waals surface area contributed by atoms with Crippen molar-refractivity contribution in [3.05, 3.63) is 46.8 Å². The summed E-state index contributed by atoms with van der Waals surface area (Å²) in [6, 6.07) is 7.15. The second-order valence-corrected chi connectivity index (χ2v) is 7.10. The van der Waals surface area contributed by atoms with Gasteiger partial charge in [0.05, 0.1) is 17.2 Å². The molecule has 7 heteroatoms. The van der Waals surface area contributed by atoms with Crippen molar-refractivity contribution in [3.63, 3.8) is 0 Å². The number of aryl methyl sites for hydroxylation is 2. The Morgan fingerprint density at radius 3 is 2.89 bits per heavy atom. The fourth-order valence-corrected chi connectivity index (χ4v) is 3.46. The minimum absolute atomic E-state index is 0.0246. The van der Waals surface area contributed by atoms with Crippen LogP contribution < -0.4 is 10.1 Å². The Hall–Kier alpha value is -2.83. The van der Waals surface area contributed by atoms with Crippen molar-refractivity contribution >= 4 is 11.8 Å². The average molecular weight is 385 g/mol. The van der Waals surface area contributed by atoms with E-state index in [0.29, 0.717) is 37.6 Å². The summed E-state index contributed by atoms with van der Waals surface area (Å²) in [5, 5.41) is 6.77. The van der Waals surface area contributed by atoms with E-state index in [9.17, 15) is 9.59 Å². The van der Waals surface area contributed by atoms with Crippen LogP contribution in [-0.2, 0) is 11.4 Å². The zero-order chi connectivity index (χ0) is 20.1. The van der Waals surface area contributed by atoms with E-state index in [0.717, 1.165) is 29.9 Å². The highest BCUT2D eigenvalue weighted by Gasteiger charge is 2.28. The second-order valence-electron chi connectivity index (χ2n) is 7.10. The summed E-state index contributed by atoms with van der Waals surface area (Å²) in [6.07, 6.45) is 1.64. The molecule has 28 heavy (non-hydrogen) atoms. The Kier molecular flexibility index (Phi) is 6.34. The number of likely N-dealkylation sites (tertiary alicyclic amines) is 1. The first-order valence-electron chi connectivity index (χ1n) is 9.71. The zero-order valence-electron chi connectivity index (χ0n) is 16.7. The molecule has 0 saturated carbocycles. The van der Waals surface area contributed by atoms with Gasteiger partial charge in [0, 0.05) is 25.2 Å². The summed E-state index contributed by atoms with van der Waals surface area (Å²) in [5.74, 6) is 1.16. The number of piperidine rings is 1. The van der Waals surface area contributed by atoms with Crippen LogP contribution in [0.1, 0.15) is 47.1 Å². The third-order valence-corrected chi connectivity index (χ3v) is 5.08. The molecule has 150 valence electrons. The molecule has 1 aromatic carbocycles. The average Bonchev–Trinajstić information content (AvgIpc) is 3.04. The molecule has 7 nitrogen and oxygen atoms in total. The molecule has 0 spiro atoms. The number of aromatic nitrogens is 1. The van der Waals surface area contributed by atoms with Crippen LogP contribution in [0.15, 0.2) is 28.8 Å². The summed E-state index contributed by atoms with van der Waals surface area (Å²) >= 11 is 0. The van der Waals surface area contributed by atoms with Crippen molar-refractivity contribution < 1.29 is 18.8 Å². The molecule has 0 aliphatic carbocycles. The topological polar surface area (TPSA) is 84.7 Å². The van der Waals surface area contributed by atoms with Crippen LogP contribution in [0.4, 0.5) is 0 Å². The molecule has 2 amide bonds. The molecular weight excluding hydrogens is 358 g/mol. The van der Waals surface area contributed by atoms with Gasteiger partial charge < -0.3 is 19.5 Å². The van der Waals surface area contributed by atoms with Crippen LogP contribution in [-0.4, -0.2) is 41.5 Å². The molecule has 3 rings (SSSR count). The first kappa shape index (κ1) is 19.9. The zero-order valence-corrected chi connectivity index (χ0v) is 16.7. The predicted molar refractivity (Wildman–Crippen MR) is 104 cm³/mol. The Bertz CT molecular complexity index is 826. The third-order valence-electron chi connectivity index (χ3n) is 5.08. The van der Waals surface area contributed by atoms with Crippen LogP contribution in [0.5, 0.6) is 5.75 Å². The van der Waals surface area contributed by atoms with Gasteiger partial charge in [0.1, 0.15) is 18.1 Å². The van der Waals surface area contributed by atoms with E-state index in [4.69, 9.17) is 9.26 Å². The summed E-state index contributed by atoms with van der Waals surface area (Å²) in [5.41, 5.74) is 2.28. The maximum Gasteiger partial charge on any atom is 0.254 e. The van der Waals surface area contributed by atoms with Gasteiger partial charge >= 0.3 is 0 Å². The minimum atomic E-state index is -0.142. The van der Waals surface area contributed by atoms with Crippen molar-refractivity contribution in [1.82, 2.24) is 15.4 Å². The number of carbonyl (C=O) groups excluding carboxylic acids is 2. The van der Waals surface area contributed by atoms with Crippen LogP contribution in [0.3, 0.4) is 0 Å². The number of hydrogen-bond acceptors (Lipinski definition) is 5. The molecule has 1 aliphatic heterocycles. The van der Waals surface area contributed by atoms with Crippen molar-refractivity contribution in [1.29, 1.82) is 0 Å². The van der Waals surface area contributed by atoms with Crippen molar-refractivity contribution in [3.8, 4) is 5.75 Å². The Balaban J connectivity index is 1.65. The van der Waals surface area contributed by atoms with Gasteiger partial charge in [0.25, 0.3) is 5.91 Å². The molecule has 2 heterocycles. The molecule has 1 aliphatic rings. The van der Waals surface area contributed by atoms with Crippen LogP contribution >= 0.6 is 0 Å². The first-order chi connectivity index (χ1) is 13.5. The summed E-state index contributed by atoms with van der Waals surface area (Å²) in [4.78, 5) is 26.8. The van der Waals surface area contributed by atoms with Crippen LogP contribution in [0.2, 0.25) is 0 Å². The predicted octanol–water partition coefficient (Wildman–Crippen LogP) is 2.86. The monoisotopic (exact) mass is 385 g/mol. The maximum absolute atomic E-state index is 12.9. The Morgan fingerprint density at radius 1 is 1.36 bits per heavy atom. The van der Waals surface area contributed by atoms with E-state index in [-0.39, 0.29) is 17.7 Å². The summed E-state index contributed by atoms with van der Waals surface area (Å²) in [7, 11) is 0. The lowest BCUT2D eigenvalue weighted by Crippen LogP contribution is -2.45. The molecule has 1 fully saturated rings. The van der Waals surface area contributed by atoms with E-state index in [1.807, 2.05) is 26.8 Å². The molecule has 1 atom stereocenters. The highest BCUT2D eigenvalue weighted by Crippen LogP contribution is 2.22. The summed E-state index contributed by atoms with van der Waals surface area (Å²) < 4.78 is 11.0. The fraction of sp³-hybridized carbons (Fsp3) is 0.476. The number of nitrogens with zero attached hydrogens (tertiary/aromatic N) is 2. The molecule has 1 unspecified atom stereocenters. The number of ether oxygens (including phenoxy) is 1. The van der Waals surface area contributed by atoms with Gasteiger partial charge in [0.2, 0.25) is 5.91 Å². The standard InChI is InChI=1S/C21H27N3O4/c1-4-22-20(25)17-8-6-10-24(12-17)21(26)16-7-5-9-18(11-16)27-13-19-14(2)23-28-15(19)3/h5,7,9,11,17H,4,6,8,10,12-13H2,1-3H3,(H,22,25). The third kappa shape index (κ3) is 4.52. The van der Waals surface area contributed by atoms with Crippen LogP contribution in [0, 0.1) is 19.8 Å². The molecule has 0 radical (unpaired) electrons. The molecule has 1 saturated heterocycles. The van der Waals surface area contributed by atoms with Gasteiger partial charge in [-0.05, 0) is 51.8 Å². The van der Waals surface area contributed by atoms with Crippen molar-refractivity contribution in [2.45, 2.75) is 40.2 Å². The normalized spacial score (nSPS) is 16.7. The molecule has 1 N–H and O–H groups in total. The van der Waals surface area contributed by atoms with E-state index in [2.05, 4.69) is 10.5 Å². The number of hydrogen-bond donors (Lipinski definition) is 1. The number of carbonyl (C=O) groups is 2. The largest absolute Gasteiger partial charge is 0.489 e. The van der Waals surface area contributed by atoms with E-state index >= 15 is 0 Å². The lowest BCUT2D eigenvalue weighted by atomic mass is 9.96. The van der Waals surface area contributed by atoms with Gasteiger partial charge in [-0.15, -0.1) is 0 Å². The van der Waals surface area contributed by atoms with Gasteiger partial charge in [-0.1, -0.05) is 11.2 Å². The van der Waals surface area contributed by atoms with E-state index in [1.54, 1.807) is 23.1 Å². The molecule has 2 aromatic rings. The van der Waals surface area contributed by atoms with Gasteiger partial charge in [-0.3, -0.25) is 9.59 Å².